The molecule has 0 spiro atoms. The minimum absolute atomic E-state index is 0.753. The van der Waals surface area contributed by atoms with Crippen LogP contribution in [0.3, 0.4) is 0 Å². The van der Waals surface area contributed by atoms with E-state index >= 15 is 0 Å². The van der Waals surface area contributed by atoms with Gasteiger partial charge in [0, 0.05) is 16.5 Å². The van der Waals surface area contributed by atoms with Crippen LogP contribution in [0, 0.1) is 0 Å². The van der Waals surface area contributed by atoms with Crippen molar-refractivity contribution in [2.45, 2.75) is 12.8 Å². The Morgan fingerprint density at radius 1 is 0.417 bits per heavy atom. The van der Waals surface area contributed by atoms with E-state index in [0.29, 0.717) is 0 Å². The van der Waals surface area contributed by atoms with Crippen LogP contribution in [-0.4, -0.2) is 0 Å². The third-order valence-corrected chi connectivity index (χ3v) is 7.68. The lowest BCUT2D eigenvalue weighted by Crippen LogP contribution is -1.99. The van der Waals surface area contributed by atoms with Gasteiger partial charge in [-0.3, -0.25) is 0 Å². The summed E-state index contributed by atoms with van der Waals surface area (Å²) in [5.41, 5.74) is 6.79. The van der Waals surface area contributed by atoms with E-state index in [1.807, 2.05) is 12.1 Å². The second kappa shape index (κ2) is 9.82. The predicted molar refractivity (Wildman–Crippen MR) is 155 cm³/mol. The van der Waals surface area contributed by atoms with Crippen LogP contribution in [-0.2, 0) is 12.8 Å². The van der Waals surface area contributed by atoms with E-state index in [2.05, 4.69) is 109 Å². The molecule has 6 rings (SSSR count). The average molecular weight is 503 g/mol. The van der Waals surface area contributed by atoms with Crippen LogP contribution in [0.15, 0.2) is 121 Å². The van der Waals surface area contributed by atoms with Crippen molar-refractivity contribution >= 4 is 44.7 Å². The van der Waals surface area contributed by atoms with Gasteiger partial charge in [0.15, 0.2) is 0 Å². The molecule has 0 unspecified atom stereocenters. The highest BCUT2D eigenvalue weighted by atomic mass is 35.5. The molecule has 0 aliphatic rings. The zero-order valence-corrected chi connectivity index (χ0v) is 21.2. The second-order valence-corrected chi connectivity index (χ2v) is 9.97. The zero-order chi connectivity index (χ0) is 24.5. The number of fused-ring (bicyclic) bond motifs is 2. The molecule has 0 fully saturated rings. The van der Waals surface area contributed by atoms with Crippen LogP contribution >= 0.6 is 23.2 Å². The molecule has 174 valence electrons. The fraction of sp³-hybridized carbons (Fsp3) is 0.0588. The SMILES string of the molecule is Clc1c(Cc2ccccc2)cc2ccccc2c1-c1c(Cc2ccccc2)cc2ccccc2c1Cl. The Labute approximate surface area is 221 Å². The van der Waals surface area contributed by atoms with Gasteiger partial charge in [0.2, 0.25) is 0 Å². The standard InChI is InChI=1S/C34H24Cl2/c35-33-28(20-24-13-5-2-6-14-24)22-25-15-7-9-17-29(25)32(33)31-27(19-23-11-3-1-4-12-23)21-26-16-8-10-18-30(26)34(31)36/h1-18,21-22H,19-20H2. The van der Waals surface area contributed by atoms with E-state index in [1.54, 1.807) is 0 Å². The molecule has 2 heteroatoms. The maximum Gasteiger partial charge on any atom is 0.0566 e. The summed E-state index contributed by atoms with van der Waals surface area (Å²) in [6.45, 7) is 0. The Kier molecular flexibility index (Phi) is 6.23. The molecular weight excluding hydrogens is 479 g/mol. The molecule has 0 heterocycles. The van der Waals surface area contributed by atoms with E-state index in [9.17, 15) is 0 Å². The topological polar surface area (TPSA) is 0 Å². The summed E-state index contributed by atoms with van der Waals surface area (Å²) in [5.74, 6) is 0. The molecule has 6 aromatic carbocycles. The molecule has 0 aromatic heterocycles. The summed E-state index contributed by atoms with van der Waals surface area (Å²) < 4.78 is 0. The smallest absolute Gasteiger partial charge is 0.0566 e. The molecule has 0 atom stereocenters. The zero-order valence-electron chi connectivity index (χ0n) is 19.7. The summed E-state index contributed by atoms with van der Waals surface area (Å²) in [7, 11) is 0. The highest BCUT2D eigenvalue weighted by molar-refractivity contribution is 6.41. The first kappa shape index (κ1) is 22.9. The minimum Gasteiger partial charge on any atom is -0.0833 e. The van der Waals surface area contributed by atoms with Crippen LogP contribution in [0.5, 0.6) is 0 Å². The molecule has 6 aromatic rings. The predicted octanol–water partition coefficient (Wildman–Crippen LogP) is 10.1. The van der Waals surface area contributed by atoms with E-state index in [-0.39, 0.29) is 0 Å². The first-order chi connectivity index (χ1) is 17.7. The van der Waals surface area contributed by atoms with E-state index in [4.69, 9.17) is 23.2 Å². The van der Waals surface area contributed by atoms with Crippen LogP contribution in [0.2, 0.25) is 10.0 Å². The van der Waals surface area contributed by atoms with Gasteiger partial charge in [-0.1, -0.05) is 138 Å². The highest BCUT2D eigenvalue weighted by Crippen LogP contribution is 2.46. The summed E-state index contributed by atoms with van der Waals surface area (Å²) in [4.78, 5) is 0. The van der Waals surface area contributed by atoms with Gasteiger partial charge in [-0.25, -0.2) is 0 Å². The normalized spacial score (nSPS) is 11.3. The monoisotopic (exact) mass is 502 g/mol. The van der Waals surface area contributed by atoms with Crippen molar-refractivity contribution in [1.82, 2.24) is 0 Å². The summed E-state index contributed by atoms with van der Waals surface area (Å²) in [5, 5.41) is 5.98. The van der Waals surface area contributed by atoms with Gasteiger partial charge in [-0.2, -0.15) is 0 Å². The Bertz CT molecular complexity index is 1690. The fourth-order valence-electron chi connectivity index (χ4n) is 5.15. The summed E-state index contributed by atoms with van der Waals surface area (Å²) in [6, 6.07) is 42.3. The molecule has 0 N–H and O–H groups in total. The van der Waals surface area contributed by atoms with Crippen LogP contribution in [0.25, 0.3) is 32.7 Å². The van der Waals surface area contributed by atoms with Gasteiger partial charge in [0.1, 0.15) is 0 Å². The molecule has 0 aliphatic carbocycles. The number of rotatable bonds is 5. The Morgan fingerprint density at radius 2 is 0.889 bits per heavy atom. The first-order valence-electron chi connectivity index (χ1n) is 12.2. The molecular formula is C34H24Cl2. The molecule has 0 bridgehead atoms. The number of benzene rings is 6. The maximum absolute atomic E-state index is 7.31. The maximum atomic E-state index is 7.31. The fourth-order valence-corrected chi connectivity index (χ4v) is 5.86. The molecule has 0 saturated heterocycles. The average Bonchev–Trinajstić information content (AvgIpc) is 2.91. The number of hydrogen-bond acceptors (Lipinski definition) is 0. The van der Waals surface area contributed by atoms with Gasteiger partial charge in [-0.05, 0) is 57.3 Å². The molecule has 36 heavy (non-hydrogen) atoms. The van der Waals surface area contributed by atoms with Crippen LogP contribution < -0.4 is 0 Å². The van der Waals surface area contributed by atoms with Crippen molar-refractivity contribution in [2.75, 3.05) is 0 Å². The van der Waals surface area contributed by atoms with Gasteiger partial charge in [0.05, 0.1) is 10.0 Å². The van der Waals surface area contributed by atoms with Crippen molar-refractivity contribution in [3.8, 4) is 11.1 Å². The lowest BCUT2D eigenvalue weighted by molar-refractivity contribution is 1.19. The van der Waals surface area contributed by atoms with Gasteiger partial charge in [0.25, 0.3) is 0 Å². The van der Waals surface area contributed by atoms with Crippen LogP contribution in [0.1, 0.15) is 22.3 Å². The van der Waals surface area contributed by atoms with Crippen molar-refractivity contribution < 1.29 is 0 Å². The Morgan fingerprint density at radius 3 is 1.53 bits per heavy atom. The van der Waals surface area contributed by atoms with E-state index < -0.39 is 0 Å². The first-order valence-corrected chi connectivity index (χ1v) is 12.9. The van der Waals surface area contributed by atoms with Crippen molar-refractivity contribution in [3.63, 3.8) is 0 Å². The molecule has 0 amide bonds. The minimum atomic E-state index is 0.753. The summed E-state index contributed by atoms with van der Waals surface area (Å²) >= 11 is 14.6. The largest absolute Gasteiger partial charge is 0.0833 e. The third kappa shape index (κ3) is 4.28. The quantitative estimate of drug-likeness (QED) is 0.220. The Balaban J connectivity index is 1.66. The number of halogens is 2. The molecule has 0 saturated carbocycles. The lowest BCUT2D eigenvalue weighted by Gasteiger charge is -2.20. The molecule has 0 nitrogen and oxygen atoms in total. The number of hydrogen-bond donors (Lipinski definition) is 0. The highest BCUT2D eigenvalue weighted by Gasteiger charge is 2.21. The van der Waals surface area contributed by atoms with Crippen molar-refractivity contribution in [1.29, 1.82) is 0 Å². The summed E-state index contributed by atoms with van der Waals surface area (Å²) in [6.07, 6.45) is 1.53. The molecule has 0 aliphatic heterocycles. The second-order valence-electron chi connectivity index (χ2n) is 9.22. The Hall–Kier alpha value is -3.58. The third-order valence-electron chi connectivity index (χ3n) is 6.85. The van der Waals surface area contributed by atoms with Crippen molar-refractivity contribution in [3.05, 3.63) is 154 Å². The van der Waals surface area contributed by atoms with Gasteiger partial charge >= 0.3 is 0 Å². The van der Waals surface area contributed by atoms with Crippen LogP contribution in [0.4, 0.5) is 0 Å². The van der Waals surface area contributed by atoms with Gasteiger partial charge in [-0.15, -0.1) is 0 Å². The van der Waals surface area contributed by atoms with E-state index in [1.165, 1.54) is 16.7 Å². The van der Waals surface area contributed by atoms with Crippen molar-refractivity contribution in [2.24, 2.45) is 0 Å². The van der Waals surface area contributed by atoms with E-state index in [0.717, 1.165) is 61.1 Å². The van der Waals surface area contributed by atoms with Gasteiger partial charge < -0.3 is 0 Å². The molecule has 0 radical (unpaired) electrons. The lowest BCUT2D eigenvalue weighted by atomic mass is 9.87.